The van der Waals surface area contributed by atoms with E-state index in [9.17, 15) is 0 Å². The highest BCUT2D eigenvalue weighted by Crippen LogP contribution is 2.35. The molecule has 0 radical (unpaired) electrons. The van der Waals surface area contributed by atoms with Crippen molar-refractivity contribution in [2.75, 3.05) is 26.4 Å². The van der Waals surface area contributed by atoms with Crippen molar-refractivity contribution >= 4 is 16.5 Å². The van der Waals surface area contributed by atoms with Gasteiger partial charge in [0, 0.05) is 6.61 Å². The SMILES string of the molecule is CC[Si](CC)(CC)N(CCCOCCO)[Si](CC)(CC)CC. The van der Waals surface area contributed by atoms with E-state index in [4.69, 9.17) is 9.84 Å². The van der Waals surface area contributed by atoms with Crippen LogP contribution in [-0.4, -0.2) is 52.2 Å². The van der Waals surface area contributed by atoms with Crippen LogP contribution in [0.3, 0.4) is 0 Å². The number of rotatable bonds is 14. The Labute approximate surface area is 141 Å². The van der Waals surface area contributed by atoms with Gasteiger partial charge in [0.25, 0.3) is 0 Å². The van der Waals surface area contributed by atoms with Gasteiger partial charge in [-0.15, -0.1) is 0 Å². The Bertz CT molecular complexity index is 233. The van der Waals surface area contributed by atoms with Crippen molar-refractivity contribution in [3.63, 3.8) is 0 Å². The molecule has 0 aromatic carbocycles. The Hall–Kier alpha value is 0.314. The molecule has 0 bridgehead atoms. The van der Waals surface area contributed by atoms with Crippen LogP contribution in [0.25, 0.3) is 0 Å². The van der Waals surface area contributed by atoms with Crippen LogP contribution in [0.4, 0.5) is 0 Å². The number of aliphatic hydroxyl groups is 1. The van der Waals surface area contributed by atoms with Crippen molar-refractivity contribution in [1.29, 1.82) is 0 Å². The molecule has 5 heteroatoms. The summed E-state index contributed by atoms with van der Waals surface area (Å²) in [5.74, 6) is 0. The van der Waals surface area contributed by atoms with Crippen LogP contribution in [0.1, 0.15) is 48.0 Å². The first-order valence-electron chi connectivity index (χ1n) is 9.52. The van der Waals surface area contributed by atoms with Crippen LogP contribution in [0.5, 0.6) is 0 Å². The minimum Gasteiger partial charge on any atom is -0.394 e. The number of nitrogens with zero attached hydrogens (tertiary/aromatic N) is 1. The van der Waals surface area contributed by atoms with E-state index in [1.807, 2.05) is 0 Å². The molecule has 0 aromatic rings. The molecule has 0 rings (SSSR count). The highest BCUT2D eigenvalue weighted by Gasteiger charge is 2.45. The Morgan fingerprint density at radius 1 is 0.727 bits per heavy atom. The molecule has 0 saturated carbocycles. The summed E-state index contributed by atoms with van der Waals surface area (Å²) in [6.45, 7) is 17.2. The molecule has 0 atom stereocenters. The molecule has 0 unspecified atom stereocenters. The Kier molecular flexibility index (Phi) is 12.0. The highest BCUT2D eigenvalue weighted by atomic mass is 28.4. The Morgan fingerprint density at radius 3 is 1.45 bits per heavy atom. The summed E-state index contributed by atoms with van der Waals surface area (Å²) in [5, 5.41) is 8.84. The first-order chi connectivity index (χ1) is 10.6. The standard InChI is InChI=1S/C17H41NO2Si2/c1-7-21(8-2,9-3)18(14-13-16-20-17-15-19)22(10-4,11-5)12-6/h19H,7-17H2,1-6H3. The normalized spacial score (nSPS) is 13.1. The van der Waals surface area contributed by atoms with Gasteiger partial charge in [0.1, 0.15) is 16.5 Å². The minimum atomic E-state index is -1.32. The van der Waals surface area contributed by atoms with Crippen LogP contribution < -0.4 is 0 Å². The van der Waals surface area contributed by atoms with E-state index >= 15 is 0 Å². The van der Waals surface area contributed by atoms with Gasteiger partial charge < -0.3 is 14.1 Å². The second-order valence-corrected chi connectivity index (χ2v) is 17.1. The Morgan fingerprint density at radius 2 is 1.14 bits per heavy atom. The summed E-state index contributed by atoms with van der Waals surface area (Å²) >= 11 is 0. The highest BCUT2D eigenvalue weighted by molar-refractivity contribution is 6.92. The summed E-state index contributed by atoms with van der Waals surface area (Å²) in [5.41, 5.74) is 0. The number of aliphatic hydroxyl groups excluding tert-OH is 1. The van der Waals surface area contributed by atoms with Crippen molar-refractivity contribution in [3.8, 4) is 0 Å². The van der Waals surface area contributed by atoms with Gasteiger partial charge in [-0.3, -0.25) is 0 Å². The lowest BCUT2D eigenvalue weighted by Gasteiger charge is -2.52. The van der Waals surface area contributed by atoms with Gasteiger partial charge in [-0.2, -0.15) is 0 Å². The largest absolute Gasteiger partial charge is 0.394 e. The molecule has 22 heavy (non-hydrogen) atoms. The summed E-state index contributed by atoms with van der Waals surface area (Å²) in [6, 6.07) is 8.29. The fraction of sp³-hybridized carbons (Fsp3) is 1.00. The average molecular weight is 348 g/mol. The van der Waals surface area contributed by atoms with Gasteiger partial charge in [0.05, 0.1) is 13.2 Å². The molecule has 0 aliphatic carbocycles. The van der Waals surface area contributed by atoms with Crippen LogP contribution in [-0.2, 0) is 4.74 Å². The number of ether oxygens (including phenoxy) is 1. The zero-order chi connectivity index (χ0) is 17.1. The predicted octanol–water partition coefficient (Wildman–Crippen LogP) is 4.70. The van der Waals surface area contributed by atoms with E-state index < -0.39 is 16.5 Å². The second-order valence-electron chi connectivity index (χ2n) is 6.41. The first-order valence-corrected chi connectivity index (χ1v) is 14.7. The molecule has 1 N–H and O–H groups in total. The quantitative estimate of drug-likeness (QED) is 0.365. The summed E-state index contributed by atoms with van der Waals surface area (Å²) in [6.07, 6.45) is 1.11. The van der Waals surface area contributed by atoms with Crippen LogP contribution in [0.15, 0.2) is 0 Å². The van der Waals surface area contributed by atoms with Crippen molar-refractivity contribution in [3.05, 3.63) is 0 Å². The zero-order valence-corrected chi connectivity index (χ0v) is 18.1. The molecule has 0 amide bonds. The van der Waals surface area contributed by atoms with E-state index in [0.29, 0.717) is 6.61 Å². The van der Waals surface area contributed by atoms with E-state index in [1.54, 1.807) is 0 Å². The molecule has 0 aromatic heterocycles. The van der Waals surface area contributed by atoms with Crippen LogP contribution in [0, 0.1) is 0 Å². The zero-order valence-electron chi connectivity index (χ0n) is 16.1. The number of hydrogen-bond donors (Lipinski definition) is 1. The molecule has 0 spiro atoms. The van der Waals surface area contributed by atoms with Gasteiger partial charge in [0.15, 0.2) is 0 Å². The third-order valence-corrected chi connectivity index (χ3v) is 19.5. The van der Waals surface area contributed by atoms with Gasteiger partial charge in [-0.05, 0) is 49.2 Å². The predicted molar refractivity (Wildman–Crippen MR) is 104 cm³/mol. The molecular formula is C17H41NO2Si2. The van der Waals surface area contributed by atoms with Gasteiger partial charge in [-0.1, -0.05) is 41.5 Å². The molecular weight excluding hydrogens is 306 g/mol. The third-order valence-electron chi connectivity index (χ3n) is 6.00. The van der Waals surface area contributed by atoms with Gasteiger partial charge in [-0.25, -0.2) is 0 Å². The van der Waals surface area contributed by atoms with E-state index in [2.05, 4.69) is 45.8 Å². The smallest absolute Gasteiger partial charge is 0.120 e. The lowest BCUT2D eigenvalue weighted by atomic mass is 10.5. The summed E-state index contributed by atoms with van der Waals surface area (Å²) in [4.78, 5) is 0. The molecule has 0 saturated heterocycles. The van der Waals surface area contributed by atoms with Crippen molar-refractivity contribution in [2.45, 2.75) is 84.2 Å². The van der Waals surface area contributed by atoms with Crippen molar-refractivity contribution in [1.82, 2.24) is 4.23 Å². The maximum Gasteiger partial charge on any atom is 0.120 e. The summed E-state index contributed by atoms with van der Waals surface area (Å²) < 4.78 is 8.61. The van der Waals surface area contributed by atoms with E-state index in [0.717, 1.165) is 13.0 Å². The van der Waals surface area contributed by atoms with Crippen molar-refractivity contribution < 1.29 is 9.84 Å². The van der Waals surface area contributed by atoms with Crippen LogP contribution >= 0.6 is 0 Å². The summed E-state index contributed by atoms with van der Waals surface area (Å²) in [7, 11) is -2.65. The maximum atomic E-state index is 8.84. The molecule has 0 fully saturated rings. The first kappa shape index (κ1) is 22.3. The van der Waals surface area contributed by atoms with Crippen LogP contribution in [0.2, 0.25) is 36.3 Å². The van der Waals surface area contributed by atoms with E-state index in [-0.39, 0.29) is 6.61 Å². The molecule has 3 nitrogen and oxygen atoms in total. The fourth-order valence-corrected chi connectivity index (χ4v) is 17.5. The molecule has 0 heterocycles. The van der Waals surface area contributed by atoms with Gasteiger partial charge >= 0.3 is 0 Å². The average Bonchev–Trinajstić information content (AvgIpc) is 2.57. The number of hydrogen-bond acceptors (Lipinski definition) is 3. The second kappa shape index (κ2) is 11.8. The van der Waals surface area contributed by atoms with E-state index in [1.165, 1.54) is 42.8 Å². The van der Waals surface area contributed by atoms with Gasteiger partial charge in [0.2, 0.25) is 0 Å². The topological polar surface area (TPSA) is 32.7 Å². The lowest BCUT2D eigenvalue weighted by molar-refractivity contribution is 0.0895. The molecule has 134 valence electrons. The Balaban J connectivity index is 5.20. The monoisotopic (exact) mass is 347 g/mol. The minimum absolute atomic E-state index is 0.138. The molecule has 0 aliphatic rings. The fourth-order valence-electron chi connectivity index (χ4n) is 4.11. The van der Waals surface area contributed by atoms with Crippen molar-refractivity contribution in [2.24, 2.45) is 0 Å². The maximum absolute atomic E-state index is 8.84. The third kappa shape index (κ3) is 5.44. The lowest BCUT2D eigenvalue weighted by Crippen LogP contribution is -2.66. The molecule has 0 aliphatic heterocycles.